The molecule has 0 aliphatic rings. The van der Waals surface area contributed by atoms with Gasteiger partial charge in [0, 0.05) is 11.3 Å². The van der Waals surface area contributed by atoms with Crippen LogP contribution >= 0.6 is 0 Å². The summed E-state index contributed by atoms with van der Waals surface area (Å²) in [5.74, 6) is -0.136. The molecule has 4 rings (SSSR count). The molecule has 0 spiro atoms. The molecule has 0 aliphatic carbocycles. The lowest BCUT2D eigenvalue weighted by Crippen LogP contribution is -2.11. The fourth-order valence-electron chi connectivity index (χ4n) is 2.88. The van der Waals surface area contributed by atoms with Crippen LogP contribution < -0.4 is 5.32 Å². The Morgan fingerprint density at radius 2 is 1.63 bits per heavy atom. The van der Waals surface area contributed by atoms with Crippen molar-refractivity contribution in [3.63, 3.8) is 0 Å². The summed E-state index contributed by atoms with van der Waals surface area (Å²) in [5.41, 5.74) is 6.14. The first kappa shape index (κ1) is 17.0. The topological polar surface area (TPSA) is 59.8 Å². The fraction of sp³-hybridized carbons (Fsp3) is 0.136. The van der Waals surface area contributed by atoms with Crippen molar-refractivity contribution in [2.24, 2.45) is 0 Å². The smallest absolute Gasteiger partial charge is 0.255 e. The second-order valence-corrected chi connectivity index (χ2v) is 6.53. The maximum atomic E-state index is 12.5. The minimum absolute atomic E-state index is 0.136. The van der Waals surface area contributed by atoms with E-state index in [1.807, 2.05) is 73.7 Å². The van der Waals surface area contributed by atoms with Gasteiger partial charge in [0.05, 0.1) is 5.69 Å². The molecule has 0 atom stereocenters. The number of rotatable bonds is 4. The Labute approximate surface area is 157 Å². The summed E-state index contributed by atoms with van der Waals surface area (Å²) in [5, 5.41) is 12.0. The molecular formula is C22H20N4O. The first-order chi connectivity index (χ1) is 13.1. The Balaban J connectivity index is 1.57. The van der Waals surface area contributed by atoms with E-state index in [1.54, 1.807) is 4.80 Å². The van der Waals surface area contributed by atoms with Crippen LogP contribution in [0.5, 0.6) is 0 Å². The van der Waals surface area contributed by atoms with Gasteiger partial charge in [0.1, 0.15) is 11.0 Å². The number of aromatic nitrogens is 3. The highest BCUT2D eigenvalue weighted by atomic mass is 16.1. The number of anilines is 1. The van der Waals surface area contributed by atoms with Gasteiger partial charge in [-0.2, -0.15) is 4.80 Å². The van der Waals surface area contributed by atoms with Gasteiger partial charge < -0.3 is 5.32 Å². The van der Waals surface area contributed by atoms with Crippen LogP contribution in [0, 0.1) is 6.92 Å². The third kappa shape index (κ3) is 3.58. The number of aryl methyl sites for hydroxylation is 2. The van der Waals surface area contributed by atoms with E-state index in [9.17, 15) is 4.79 Å². The summed E-state index contributed by atoms with van der Waals surface area (Å²) in [4.78, 5) is 14.1. The van der Waals surface area contributed by atoms with E-state index in [0.717, 1.165) is 23.1 Å². The standard InChI is InChI=1S/C22H20N4O/c1-3-16-6-8-17(9-7-16)22(27)23-18-10-13-20-21(14-18)25-26(24-20)19-11-4-15(2)5-12-19/h4-14H,3H2,1-2H3,(H,23,27). The third-order valence-corrected chi connectivity index (χ3v) is 4.53. The third-order valence-electron chi connectivity index (χ3n) is 4.53. The van der Waals surface area contributed by atoms with Gasteiger partial charge in [0.15, 0.2) is 0 Å². The zero-order chi connectivity index (χ0) is 18.8. The van der Waals surface area contributed by atoms with E-state index in [2.05, 4.69) is 22.4 Å². The molecule has 134 valence electrons. The van der Waals surface area contributed by atoms with Gasteiger partial charge in [0.25, 0.3) is 5.91 Å². The van der Waals surface area contributed by atoms with E-state index in [0.29, 0.717) is 11.3 Å². The summed E-state index contributed by atoms with van der Waals surface area (Å²) < 4.78 is 0. The molecular weight excluding hydrogens is 336 g/mol. The van der Waals surface area contributed by atoms with Crippen LogP contribution in [0.4, 0.5) is 5.69 Å². The molecule has 3 aromatic carbocycles. The molecule has 1 N–H and O–H groups in total. The van der Waals surface area contributed by atoms with Crippen LogP contribution in [-0.4, -0.2) is 20.9 Å². The number of carbonyl (C=O) groups is 1. The van der Waals surface area contributed by atoms with Crippen molar-refractivity contribution in [1.29, 1.82) is 0 Å². The second-order valence-electron chi connectivity index (χ2n) is 6.53. The predicted molar refractivity (Wildman–Crippen MR) is 107 cm³/mol. The molecule has 0 unspecified atom stereocenters. The number of hydrogen-bond donors (Lipinski definition) is 1. The minimum atomic E-state index is -0.136. The quantitative estimate of drug-likeness (QED) is 0.584. The van der Waals surface area contributed by atoms with Gasteiger partial charge >= 0.3 is 0 Å². The molecule has 1 amide bonds. The summed E-state index contributed by atoms with van der Waals surface area (Å²) in [6.07, 6.45) is 0.954. The van der Waals surface area contributed by atoms with Crippen molar-refractivity contribution in [3.05, 3.63) is 83.4 Å². The summed E-state index contributed by atoms with van der Waals surface area (Å²) in [7, 11) is 0. The van der Waals surface area contributed by atoms with E-state index in [-0.39, 0.29) is 5.91 Å². The molecule has 0 saturated heterocycles. The van der Waals surface area contributed by atoms with E-state index >= 15 is 0 Å². The average Bonchev–Trinajstić information content (AvgIpc) is 3.12. The van der Waals surface area contributed by atoms with Crippen LogP contribution in [0.2, 0.25) is 0 Å². The van der Waals surface area contributed by atoms with Crippen LogP contribution in [-0.2, 0) is 6.42 Å². The number of benzene rings is 3. The maximum Gasteiger partial charge on any atom is 0.255 e. The summed E-state index contributed by atoms with van der Waals surface area (Å²) in [6.45, 7) is 4.13. The molecule has 0 bridgehead atoms. The summed E-state index contributed by atoms with van der Waals surface area (Å²) >= 11 is 0. The van der Waals surface area contributed by atoms with E-state index in [1.165, 1.54) is 11.1 Å². The van der Waals surface area contributed by atoms with Crippen LogP contribution in [0.3, 0.4) is 0 Å². The van der Waals surface area contributed by atoms with E-state index in [4.69, 9.17) is 0 Å². The number of nitrogens with zero attached hydrogens (tertiary/aromatic N) is 3. The molecule has 1 aromatic heterocycles. The molecule has 0 saturated carbocycles. The molecule has 4 aromatic rings. The monoisotopic (exact) mass is 356 g/mol. The second kappa shape index (κ2) is 7.03. The first-order valence-electron chi connectivity index (χ1n) is 8.97. The molecule has 27 heavy (non-hydrogen) atoms. The van der Waals surface area contributed by atoms with Crippen LogP contribution in [0.25, 0.3) is 16.7 Å². The summed E-state index contributed by atoms with van der Waals surface area (Å²) in [6, 6.07) is 21.2. The number of fused-ring (bicyclic) bond motifs is 1. The zero-order valence-electron chi connectivity index (χ0n) is 15.3. The lowest BCUT2D eigenvalue weighted by molar-refractivity contribution is 0.102. The van der Waals surface area contributed by atoms with Gasteiger partial charge in [-0.1, -0.05) is 36.8 Å². The number of nitrogens with one attached hydrogen (secondary N) is 1. The number of amides is 1. The van der Waals surface area contributed by atoms with Gasteiger partial charge in [-0.15, -0.1) is 10.2 Å². The molecule has 0 aliphatic heterocycles. The SMILES string of the molecule is CCc1ccc(C(=O)Nc2ccc3nn(-c4ccc(C)cc4)nc3c2)cc1. The predicted octanol–water partition coefficient (Wildman–Crippen LogP) is 4.54. The lowest BCUT2D eigenvalue weighted by Gasteiger charge is -2.05. The van der Waals surface area contributed by atoms with Crippen LogP contribution in [0.1, 0.15) is 28.4 Å². The molecule has 0 fully saturated rings. The van der Waals surface area contributed by atoms with Crippen molar-refractivity contribution >= 4 is 22.6 Å². The lowest BCUT2D eigenvalue weighted by atomic mass is 10.1. The first-order valence-corrected chi connectivity index (χ1v) is 8.97. The normalized spacial score (nSPS) is 10.9. The van der Waals surface area contributed by atoms with Gasteiger partial charge in [-0.25, -0.2) is 0 Å². The zero-order valence-corrected chi connectivity index (χ0v) is 15.3. The van der Waals surface area contributed by atoms with Gasteiger partial charge in [-0.3, -0.25) is 4.79 Å². The van der Waals surface area contributed by atoms with Crippen molar-refractivity contribution in [2.45, 2.75) is 20.3 Å². The Morgan fingerprint density at radius 1 is 0.926 bits per heavy atom. The highest BCUT2D eigenvalue weighted by molar-refractivity contribution is 6.04. The van der Waals surface area contributed by atoms with Crippen molar-refractivity contribution in [2.75, 3.05) is 5.32 Å². The van der Waals surface area contributed by atoms with Crippen molar-refractivity contribution in [3.8, 4) is 5.69 Å². The van der Waals surface area contributed by atoms with Gasteiger partial charge in [-0.05, 0) is 61.4 Å². The Bertz CT molecular complexity index is 1100. The highest BCUT2D eigenvalue weighted by Crippen LogP contribution is 2.18. The largest absolute Gasteiger partial charge is 0.322 e. The molecule has 5 nitrogen and oxygen atoms in total. The Kier molecular flexibility index (Phi) is 4.42. The Morgan fingerprint density at radius 3 is 2.33 bits per heavy atom. The Hall–Kier alpha value is -3.47. The number of hydrogen-bond acceptors (Lipinski definition) is 3. The average molecular weight is 356 g/mol. The molecule has 0 radical (unpaired) electrons. The van der Waals surface area contributed by atoms with E-state index < -0.39 is 0 Å². The maximum absolute atomic E-state index is 12.5. The molecule has 1 heterocycles. The highest BCUT2D eigenvalue weighted by Gasteiger charge is 2.09. The van der Waals surface area contributed by atoms with Crippen LogP contribution in [0.15, 0.2) is 66.7 Å². The molecule has 5 heteroatoms. The number of carbonyl (C=O) groups excluding carboxylic acids is 1. The van der Waals surface area contributed by atoms with Crippen molar-refractivity contribution < 1.29 is 4.79 Å². The van der Waals surface area contributed by atoms with Gasteiger partial charge in [0.2, 0.25) is 0 Å². The minimum Gasteiger partial charge on any atom is -0.322 e. The fourth-order valence-corrected chi connectivity index (χ4v) is 2.88. The van der Waals surface area contributed by atoms with Crippen molar-refractivity contribution in [1.82, 2.24) is 15.0 Å².